The molecule has 1 heterocycles. The number of allylic oxidation sites excluding steroid dienone is 1. The molecule has 2 nitrogen and oxygen atoms in total. The normalized spacial score (nSPS) is 11.7. The lowest BCUT2D eigenvalue weighted by molar-refractivity contribution is 0.300. The Morgan fingerprint density at radius 1 is 1.44 bits per heavy atom. The second-order valence-corrected chi connectivity index (χ2v) is 3.67. The number of hydrogen-bond donors (Lipinski definition) is 2. The molecular formula is C13H14FNO. The zero-order valence-electron chi connectivity index (χ0n) is 9.13. The molecule has 3 heteroatoms. The number of benzene rings is 1. The van der Waals surface area contributed by atoms with Gasteiger partial charge < -0.3 is 10.1 Å². The van der Waals surface area contributed by atoms with Gasteiger partial charge in [-0.05, 0) is 31.0 Å². The van der Waals surface area contributed by atoms with Crippen molar-refractivity contribution in [2.75, 3.05) is 6.61 Å². The Kier molecular flexibility index (Phi) is 3.06. The molecule has 1 aromatic heterocycles. The summed E-state index contributed by atoms with van der Waals surface area (Å²) in [6.07, 6.45) is 5.97. The van der Waals surface area contributed by atoms with Gasteiger partial charge in [-0.1, -0.05) is 12.2 Å². The van der Waals surface area contributed by atoms with E-state index in [1.165, 1.54) is 6.07 Å². The van der Waals surface area contributed by atoms with Gasteiger partial charge in [-0.15, -0.1) is 0 Å². The van der Waals surface area contributed by atoms with E-state index in [1.807, 2.05) is 19.2 Å². The Labute approximate surface area is 93.4 Å². The molecule has 0 radical (unpaired) electrons. The molecule has 0 bridgehead atoms. The fourth-order valence-electron chi connectivity index (χ4n) is 1.91. The predicted octanol–water partition coefficient (Wildman–Crippen LogP) is 2.87. The van der Waals surface area contributed by atoms with Crippen molar-refractivity contribution in [2.45, 2.75) is 13.3 Å². The van der Waals surface area contributed by atoms with Crippen LogP contribution in [0.2, 0.25) is 0 Å². The lowest BCUT2D eigenvalue weighted by Crippen LogP contribution is -1.89. The Morgan fingerprint density at radius 3 is 2.94 bits per heavy atom. The SMILES string of the molecule is C/C=C/c1c(F)ccc2c(CCO)c[nH]c12. The molecule has 2 N–H and O–H groups in total. The first-order chi connectivity index (χ1) is 7.77. The molecule has 0 saturated carbocycles. The first kappa shape index (κ1) is 10.9. The number of halogens is 1. The number of aromatic nitrogens is 1. The summed E-state index contributed by atoms with van der Waals surface area (Å²) in [7, 11) is 0. The highest BCUT2D eigenvalue weighted by atomic mass is 19.1. The third kappa shape index (κ3) is 1.74. The maximum Gasteiger partial charge on any atom is 0.132 e. The third-order valence-corrected chi connectivity index (χ3v) is 2.64. The first-order valence-corrected chi connectivity index (χ1v) is 5.30. The first-order valence-electron chi connectivity index (χ1n) is 5.30. The fourth-order valence-corrected chi connectivity index (χ4v) is 1.91. The zero-order valence-corrected chi connectivity index (χ0v) is 9.13. The third-order valence-electron chi connectivity index (χ3n) is 2.64. The quantitative estimate of drug-likeness (QED) is 0.818. The summed E-state index contributed by atoms with van der Waals surface area (Å²) < 4.78 is 13.6. The number of fused-ring (bicyclic) bond motifs is 1. The van der Waals surface area contributed by atoms with E-state index in [0.717, 1.165) is 16.5 Å². The maximum atomic E-state index is 13.6. The molecule has 0 fully saturated rings. The summed E-state index contributed by atoms with van der Waals surface area (Å²) >= 11 is 0. The minimum absolute atomic E-state index is 0.100. The van der Waals surface area contributed by atoms with Gasteiger partial charge >= 0.3 is 0 Å². The van der Waals surface area contributed by atoms with Crippen molar-refractivity contribution in [3.63, 3.8) is 0 Å². The molecule has 84 valence electrons. The summed E-state index contributed by atoms with van der Waals surface area (Å²) in [6, 6.07) is 3.21. The topological polar surface area (TPSA) is 36.0 Å². The van der Waals surface area contributed by atoms with E-state index in [1.54, 1.807) is 12.1 Å². The van der Waals surface area contributed by atoms with Gasteiger partial charge in [-0.2, -0.15) is 0 Å². The largest absolute Gasteiger partial charge is 0.396 e. The van der Waals surface area contributed by atoms with Crippen molar-refractivity contribution >= 4 is 17.0 Å². The van der Waals surface area contributed by atoms with Crippen LogP contribution in [0.3, 0.4) is 0 Å². The van der Waals surface area contributed by atoms with E-state index in [-0.39, 0.29) is 12.4 Å². The number of H-pyrrole nitrogens is 1. The van der Waals surface area contributed by atoms with Crippen molar-refractivity contribution in [2.24, 2.45) is 0 Å². The van der Waals surface area contributed by atoms with E-state index in [4.69, 9.17) is 5.11 Å². The molecule has 0 unspecified atom stereocenters. The monoisotopic (exact) mass is 219 g/mol. The van der Waals surface area contributed by atoms with Crippen LogP contribution in [0, 0.1) is 5.82 Å². The fraction of sp³-hybridized carbons (Fsp3) is 0.231. The van der Waals surface area contributed by atoms with E-state index in [9.17, 15) is 4.39 Å². The van der Waals surface area contributed by atoms with E-state index in [0.29, 0.717) is 12.0 Å². The highest BCUT2D eigenvalue weighted by Gasteiger charge is 2.09. The van der Waals surface area contributed by atoms with Crippen LogP contribution in [-0.4, -0.2) is 16.7 Å². The molecule has 0 aliphatic heterocycles. The molecule has 0 aliphatic carbocycles. The van der Waals surface area contributed by atoms with Crippen molar-refractivity contribution in [1.29, 1.82) is 0 Å². The van der Waals surface area contributed by atoms with Gasteiger partial charge in [0.25, 0.3) is 0 Å². The Bertz CT molecular complexity index is 528. The Hall–Kier alpha value is -1.61. The van der Waals surface area contributed by atoms with E-state index >= 15 is 0 Å². The average Bonchev–Trinajstić information content (AvgIpc) is 2.67. The minimum Gasteiger partial charge on any atom is -0.396 e. The van der Waals surface area contributed by atoms with Gasteiger partial charge in [-0.3, -0.25) is 0 Å². The maximum absolute atomic E-state index is 13.6. The molecule has 0 spiro atoms. The summed E-state index contributed by atoms with van der Waals surface area (Å²) in [5, 5.41) is 9.90. The van der Waals surface area contributed by atoms with Crippen LogP contribution in [0.25, 0.3) is 17.0 Å². The number of rotatable bonds is 3. The highest BCUT2D eigenvalue weighted by molar-refractivity contribution is 5.90. The van der Waals surface area contributed by atoms with E-state index < -0.39 is 0 Å². The van der Waals surface area contributed by atoms with Crippen LogP contribution in [-0.2, 0) is 6.42 Å². The molecule has 2 rings (SSSR count). The Balaban J connectivity index is 2.65. The second-order valence-electron chi connectivity index (χ2n) is 3.67. The molecule has 2 aromatic rings. The number of nitrogens with one attached hydrogen (secondary N) is 1. The van der Waals surface area contributed by atoms with Gasteiger partial charge in [0.05, 0.1) is 5.52 Å². The minimum atomic E-state index is -0.233. The van der Waals surface area contributed by atoms with Crippen LogP contribution in [0.5, 0.6) is 0 Å². The van der Waals surface area contributed by atoms with Crippen LogP contribution in [0.1, 0.15) is 18.1 Å². The van der Waals surface area contributed by atoms with Crippen LogP contribution < -0.4 is 0 Å². The smallest absolute Gasteiger partial charge is 0.132 e. The number of aromatic amines is 1. The lowest BCUT2D eigenvalue weighted by Gasteiger charge is -2.00. The van der Waals surface area contributed by atoms with Gasteiger partial charge in [-0.25, -0.2) is 4.39 Å². The van der Waals surface area contributed by atoms with Gasteiger partial charge in [0.15, 0.2) is 0 Å². The van der Waals surface area contributed by atoms with Gasteiger partial charge in [0.2, 0.25) is 0 Å². The lowest BCUT2D eigenvalue weighted by atomic mass is 10.1. The summed E-state index contributed by atoms with van der Waals surface area (Å²) in [5.41, 5.74) is 2.38. The Morgan fingerprint density at radius 2 is 2.25 bits per heavy atom. The second kappa shape index (κ2) is 4.49. The molecule has 16 heavy (non-hydrogen) atoms. The summed E-state index contributed by atoms with van der Waals surface area (Å²) in [4.78, 5) is 3.06. The van der Waals surface area contributed by atoms with Gasteiger partial charge in [0.1, 0.15) is 5.82 Å². The average molecular weight is 219 g/mol. The van der Waals surface area contributed by atoms with E-state index in [2.05, 4.69) is 4.98 Å². The van der Waals surface area contributed by atoms with Crippen molar-refractivity contribution in [3.05, 3.63) is 41.3 Å². The molecule has 0 amide bonds. The molecule has 0 saturated heterocycles. The molecule has 1 aromatic carbocycles. The standard InChI is InChI=1S/C13H14FNO/c1-2-3-11-12(14)5-4-10-9(6-7-16)8-15-13(10)11/h2-5,8,15-16H,6-7H2,1H3/b3-2+. The van der Waals surface area contributed by atoms with Crippen LogP contribution in [0.4, 0.5) is 4.39 Å². The summed E-state index contributed by atoms with van der Waals surface area (Å²) in [6.45, 7) is 1.96. The zero-order chi connectivity index (χ0) is 11.5. The number of hydrogen-bond acceptors (Lipinski definition) is 1. The van der Waals surface area contributed by atoms with Crippen molar-refractivity contribution in [1.82, 2.24) is 4.98 Å². The van der Waals surface area contributed by atoms with Gasteiger partial charge in [0, 0.05) is 23.8 Å². The predicted molar refractivity (Wildman–Crippen MR) is 63.8 cm³/mol. The van der Waals surface area contributed by atoms with Crippen LogP contribution >= 0.6 is 0 Å². The molecular weight excluding hydrogens is 205 g/mol. The van der Waals surface area contributed by atoms with Crippen LogP contribution in [0.15, 0.2) is 24.4 Å². The summed E-state index contributed by atoms with van der Waals surface area (Å²) in [5.74, 6) is -0.233. The number of aliphatic hydroxyl groups is 1. The molecule has 0 aliphatic rings. The van der Waals surface area contributed by atoms with Crippen molar-refractivity contribution in [3.8, 4) is 0 Å². The van der Waals surface area contributed by atoms with Crippen molar-refractivity contribution < 1.29 is 9.50 Å². The molecule has 0 atom stereocenters. The number of aliphatic hydroxyl groups excluding tert-OH is 1. The highest BCUT2D eigenvalue weighted by Crippen LogP contribution is 2.25.